The maximum atomic E-state index is 11.3. The van der Waals surface area contributed by atoms with Crippen molar-refractivity contribution in [3.05, 3.63) is 41.5 Å². The Hall–Kier alpha value is -2.63. The van der Waals surface area contributed by atoms with Gasteiger partial charge in [-0.05, 0) is 18.1 Å². The van der Waals surface area contributed by atoms with Crippen LogP contribution >= 0.6 is 0 Å². The maximum absolute atomic E-state index is 11.3. The smallest absolute Gasteiger partial charge is 0.337 e. The fraction of sp³-hybridized carbons (Fsp3) is 0.214. The number of ether oxygens (including phenoxy) is 1. The van der Waals surface area contributed by atoms with Gasteiger partial charge >= 0.3 is 17.9 Å². The van der Waals surface area contributed by atoms with E-state index in [2.05, 4.69) is 6.58 Å². The number of carbonyl (C=O) groups is 3. The van der Waals surface area contributed by atoms with Crippen LogP contribution in [0, 0.1) is 0 Å². The van der Waals surface area contributed by atoms with Gasteiger partial charge in [-0.3, -0.25) is 0 Å². The van der Waals surface area contributed by atoms with E-state index in [4.69, 9.17) is 9.84 Å². The van der Waals surface area contributed by atoms with Crippen molar-refractivity contribution in [2.75, 3.05) is 0 Å². The third kappa shape index (κ3) is 3.03. The van der Waals surface area contributed by atoms with E-state index in [9.17, 15) is 19.5 Å². The van der Waals surface area contributed by atoms with Gasteiger partial charge in [0.1, 0.15) is 5.75 Å². The van der Waals surface area contributed by atoms with Crippen LogP contribution < -0.4 is 4.74 Å². The number of carboxylic acids is 2. The zero-order valence-electron chi connectivity index (χ0n) is 11.0. The van der Waals surface area contributed by atoms with E-state index in [-0.39, 0.29) is 28.4 Å². The molecule has 1 aromatic carbocycles. The highest BCUT2D eigenvalue weighted by Gasteiger charge is 2.26. The lowest BCUT2D eigenvalue weighted by Gasteiger charge is -2.16. The molecular formula is C14H14O6. The van der Waals surface area contributed by atoms with Crippen LogP contribution in [0.2, 0.25) is 0 Å². The molecule has 0 amide bonds. The molecule has 0 spiro atoms. The topological polar surface area (TPSA) is 101 Å². The van der Waals surface area contributed by atoms with Crippen LogP contribution in [0.15, 0.2) is 24.8 Å². The van der Waals surface area contributed by atoms with Gasteiger partial charge in [-0.1, -0.05) is 20.4 Å². The Morgan fingerprint density at radius 1 is 1.20 bits per heavy atom. The molecule has 2 N–H and O–H groups in total. The Kier molecular flexibility index (Phi) is 4.63. The summed E-state index contributed by atoms with van der Waals surface area (Å²) in [6, 6.07) is 2.37. The van der Waals surface area contributed by atoms with Gasteiger partial charge in [0.25, 0.3) is 0 Å². The fourth-order valence-corrected chi connectivity index (χ4v) is 1.82. The highest BCUT2D eigenvalue weighted by Crippen LogP contribution is 2.32. The first-order valence-electron chi connectivity index (χ1n) is 5.77. The summed E-state index contributed by atoms with van der Waals surface area (Å²) in [4.78, 5) is 33.7. The van der Waals surface area contributed by atoms with Crippen molar-refractivity contribution >= 4 is 17.9 Å². The van der Waals surface area contributed by atoms with Gasteiger partial charge in [-0.25, -0.2) is 14.4 Å². The summed E-state index contributed by atoms with van der Waals surface area (Å²) in [7, 11) is 0. The minimum Gasteiger partial charge on any atom is -0.478 e. The number of esters is 1. The molecule has 1 rings (SSSR count). The normalized spacial score (nSPS) is 10.2. The summed E-state index contributed by atoms with van der Waals surface area (Å²) in [5.74, 6) is -3.81. The number of hydrogen-bond acceptors (Lipinski definition) is 4. The molecule has 0 bridgehead atoms. The van der Waals surface area contributed by atoms with Gasteiger partial charge in [-0.15, -0.1) is 0 Å². The molecule has 0 aliphatic heterocycles. The quantitative estimate of drug-likeness (QED) is 0.487. The van der Waals surface area contributed by atoms with Crippen LogP contribution in [0.25, 0.3) is 0 Å². The van der Waals surface area contributed by atoms with Crippen LogP contribution in [-0.4, -0.2) is 28.1 Å². The van der Waals surface area contributed by atoms with Crippen molar-refractivity contribution in [2.24, 2.45) is 0 Å². The molecule has 0 saturated carbocycles. The molecule has 6 heteroatoms. The lowest BCUT2D eigenvalue weighted by atomic mass is 9.92. The Bertz CT molecular complexity index is 586. The summed E-state index contributed by atoms with van der Waals surface area (Å²) in [5, 5.41) is 18.3. The van der Waals surface area contributed by atoms with E-state index in [1.54, 1.807) is 13.8 Å². The SMILES string of the molecule is C=CC(=O)Oc1ccc(C(=O)O)c(C(=O)O)c1C(C)C. The van der Waals surface area contributed by atoms with Gasteiger partial charge in [0, 0.05) is 11.6 Å². The van der Waals surface area contributed by atoms with Crippen LogP contribution in [0.1, 0.15) is 46.0 Å². The second-order valence-electron chi connectivity index (χ2n) is 4.29. The van der Waals surface area contributed by atoms with Crippen LogP contribution in [0.5, 0.6) is 5.75 Å². The summed E-state index contributed by atoms with van der Waals surface area (Å²) < 4.78 is 4.97. The third-order valence-corrected chi connectivity index (χ3v) is 2.60. The maximum Gasteiger partial charge on any atom is 0.337 e. The molecule has 1 aromatic rings. The predicted molar refractivity (Wildman–Crippen MR) is 70.3 cm³/mol. The summed E-state index contributed by atoms with van der Waals surface area (Å²) >= 11 is 0. The standard InChI is InChI=1S/C14H14O6/c1-4-10(15)20-9-6-5-8(13(16)17)12(14(18)19)11(9)7(2)3/h4-7H,1H2,2-3H3,(H,16,17)(H,18,19). The lowest BCUT2D eigenvalue weighted by molar-refractivity contribution is -0.129. The van der Waals surface area contributed by atoms with Gasteiger partial charge in [0.2, 0.25) is 0 Å². The second kappa shape index (κ2) is 6.01. The van der Waals surface area contributed by atoms with E-state index >= 15 is 0 Å². The van der Waals surface area contributed by atoms with Gasteiger partial charge in [-0.2, -0.15) is 0 Å². The lowest BCUT2D eigenvalue weighted by Crippen LogP contribution is -2.15. The Morgan fingerprint density at radius 3 is 2.20 bits per heavy atom. The molecule has 0 atom stereocenters. The second-order valence-corrected chi connectivity index (χ2v) is 4.29. The van der Waals surface area contributed by atoms with E-state index in [0.29, 0.717) is 0 Å². The molecule has 0 aliphatic rings. The number of benzene rings is 1. The molecule has 0 unspecified atom stereocenters. The molecule has 6 nitrogen and oxygen atoms in total. The highest BCUT2D eigenvalue weighted by atomic mass is 16.5. The zero-order chi connectivity index (χ0) is 15.4. The van der Waals surface area contributed by atoms with Gasteiger partial charge in [0.05, 0.1) is 11.1 Å². The zero-order valence-corrected chi connectivity index (χ0v) is 11.0. The van der Waals surface area contributed by atoms with Crippen LogP contribution in [-0.2, 0) is 4.79 Å². The van der Waals surface area contributed by atoms with Crippen molar-refractivity contribution in [3.8, 4) is 5.75 Å². The third-order valence-electron chi connectivity index (χ3n) is 2.60. The Labute approximate surface area is 115 Å². The molecule has 0 heterocycles. The molecule has 0 aliphatic carbocycles. The fourth-order valence-electron chi connectivity index (χ4n) is 1.82. The monoisotopic (exact) mass is 278 g/mol. The number of carboxylic acid groups (broad SMARTS) is 2. The first-order valence-corrected chi connectivity index (χ1v) is 5.77. The average molecular weight is 278 g/mol. The highest BCUT2D eigenvalue weighted by molar-refractivity contribution is 6.03. The van der Waals surface area contributed by atoms with Crippen molar-refractivity contribution in [1.29, 1.82) is 0 Å². The van der Waals surface area contributed by atoms with Gasteiger partial charge < -0.3 is 14.9 Å². The van der Waals surface area contributed by atoms with E-state index in [0.717, 1.165) is 12.1 Å². The molecule has 0 aromatic heterocycles. The Balaban J connectivity index is 3.60. The van der Waals surface area contributed by atoms with E-state index in [1.165, 1.54) is 6.07 Å². The van der Waals surface area contributed by atoms with Crippen LogP contribution in [0.3, 0.4) is 0 Å². The molecule has 20 heavy (non-hydrogen) atoms. The predicted octanol–water partition coefficient (Wildman–Crippen LogP) is 2.30. The molecule has 0 fully saturated rings. The minimum absolute atomic E-state index is 0.0206. The van der Waals surface area contributed by atoms with Crippen molar-refractivity contribution in [3.63, 3.8) is 0 Å². The average Bonchev–Trinajstić information content (AvgIpc) is 2.36. The van der Waals surface area contributed by atoms with Crippen molar-refractivity contribution in [2.45, 2.75) is 19.8 Å². The molecular weight excluding hydrogens is 264 g/mol. The molecule has 106 valence electrons. The minimum atomic E-state index is -1.39. The van der Waals surface area contributed by atoms with Gasteiger partial charge in [0.15, 0.2) is 0 Å². The van der Waals surface area contributed by atoms with E-state index < -0.39 is 17.9 Å². The van der Waals surface area contributed by atoms with Crippen LogP contribution in [0.4, 0.5) is 0 Å². The summed E-state index contributed by atoms with van der Waals surface area (Å²) in [6.07, 6.45) is 0.940. The largest absolute Gasteiger partial charge is 0.478 e. The van der Waals surface area contributed by atoms with E-state index in [1.807, 2.05) is 0 Å². The van der Waals surface area contributed by atoms with Crippen molar-refractivity contribution < 1.29 is 29.3 Å². The number of aromatic carboxylic acids is 2. The Morgan fingerprint density at radius 2 is 1.80 bits per heavy atom. The summed E-state index contributed by atoms with van der Waals surface area (Å²) in [5.41, 5.74) is -0.561. The molecule has 0 radical (unpaired) electrons. The first-order chi connectivity index (χ1) is 9.29. The first kappa shape index (κ1) is 15.4. The number of rotatable bonds is 5. The van der Waals surface area contributed by atoms with Crippen molar-refractivity contribution in [1.82, 2.24) is 0 Å². The number of carbonyl (C=O) groups excluding carboxylic acids is 1. The number of hydrogen-bond donors (Lipinski definition) is 2. The molecule has 0 saturated heterocycles. The summed E-state index contributed by atoms with van der Waals surface area (Å²) in [6.45, 7) is 6.61.